The smallest absolute Gasteiger partial charge is 0.213 e. The Hall–Kier alpha value is -2.75. The molecule has 0 saturated heterocycles. The van der Waals surface area contributed by atoms with Gasteiger partial charge in [-0.3, -0.25) is 0 Å². The van der Waals surface area contributed by atoms with Crippen LogP contribution in [0.1, 0.15) is 0 Å². The van der Waals surface area contributed by atoms with Crippen LogP contribution in [-0.4, -0.2) is 0 Å². The third-order valence-electron chi connectivity index (χ3n) is 5.86. The Morgan fingerprint density at radius 1 is 0.316 bits per heavy atom. The molecule has 0 aliphatic carbocycles. The SMILES string of the molecule is [Cl].[Fe+2].c1ccc(P(c2ccccc2)[c-]2cccc2)cc1.c1ccc(P(c2ccccc2)[c-]2cccc2)cc1. The van der Waals surface area contributed by atoms with Crippen molar-refractivity contribution in [3.63, 3.8) is 0 Å². The Balaban J connectivity index is 0.000000200. The summed E-state index contributed by atoms with van der Waals surface area (Å²) >= 11 is 0. The third-order valence-corrected chi connectivity index (χ3v) is 10.8. The first-order chi connectivity index (χ1) is 17.9. The molecule has 189 valence electrons. The summed E-state index contributed by atoms with van der Waals surface area (Å²) in [7, 11) is -0.818. The first kappa shape index (κ1) is 29.8. The van der Waals surface area contributed by atoms with Crippen molar-refractivity contribution in [2.75, 3.05) is 0 Å². The second kappa shape index (κ2) is 15.6. The van der Waals surface area contributed by atoms with Crippen molar-refractivity contribution in [3.05, 3.63) is 170 Å². The quantitative estimate of drug-likeness (QED) is 0.111. The maximum Gasteiger partial charge on any atom is 2.00 e. The van der Waals surface area contributed by atoms with E-state index in [4.69, 9.17) is 0 Å². The number of benzene rings is 4. The average Bonchev–Trinajstić information content (AvgIpc) is 3.68. The fraction of sp³-hybridized carbons (Fsp3) is 0. The first-order valence-electron chi connectivity index (χ1n) is 12.1. The molecule has 0 spiro atoms. The van der Waals surface area contributed by atoms with Crippen LogP contribution in [0.15, 0.2) is 170 Å². The van der Waals surface area contributed by atoms with Crippen LogP contribution in [0.3, 0.4) is 0 Å². The molecular formula is C34H28ClFeP2. The molecule has 0 bridgehead atoms. The van der Waals surface area contributed by atoms with Crippen LogP contribution < -0.4 is 31.8 Å². The zero-order valence-electron chi connectivity index (χ0n) is 20.8. The van der Waals surface area contributed by atoms with Crippen LogP contribution in [0.2, 0.25) is 0 Å². The molecule has 0 aliphatic rings. The summed E-state index contributed by atoms with van der Waals surface area (Å²) in [5.74, 6) is 0. The molecule has 4 heteroatoms. The van der Waals surface area contributed by atoms with Crippen LogP contribution in [0.4, 0.5) is 0 Å². The maximum atomic E-state index is 2.23. The van der Waals surface area contributed by atoms with E-state index in [9.17, 15) is 0 Å². The van der Waals surface area contributed by atoms with Crippen LogP contribution in [-0.2, 0) is 17.1 Å². The van der Waals surface area contributed by atoms with Gasteiger partial charge in [0.05, 0.1) is 0 Å². The monoisotopic (exact) mass is 589 g/mol. The van der Waals surface area contributed by atoms with Gasteiger partial charge in [0.15, 0.2) is 0 Å². The Kier molecular flexibility index (Phi) is 12.2. The van der Waals surface area contributed by atoms with E-state index in [1.165, 1.54) is 31.8 Å². The summed E-state index contributed by atoms with van der Waals surface area (Å²) in [6.45, 7) is 0. The van der Waals surface area contributed by atoms with Gasteiger partial charge in [-0.2, -0.15) is 24.3 Å². The largest absolute Gasteiger partial charge is 2.00 e. The van der Waals surface area contributed by atoms with Crippen LogP contribution >= 0.6 is 28.3 Å². The Morgan fingerprint density at radius 3 is 0.737 bits per heavy atom. The summed E-state index contributed by atoms with van der Waals surface area (Å²) in [5.41, 5.74) is 0. The standard InChI is InChI=1S/2C17H14P.Cl.Fe/c2*1-3-9-15(10-4-1)18(17-13-7-8-14-17)16-11-5-2-6-12-16;;/h2*1-14H;;/q2*-1;;+2. The molecular weight excluding hydrogens is 562 g/mol. The summed E-state index contributed by atoms with van der Waals surface area (Å²) in [6, 6.07) is 60.5. The van der Waals surface area contributed by atoms with Gasteiger partial charge in [0.25, 0.3) is 0 Å². The van der Waals surface area contributed by atoms with Gasteiger partial charge in [0.1, 0.15) is 0 Å². The molecule has 0 heterocycles. The van der Waals surface area contributed by atoms with E-state index >= 15 is 0 Å². The van der Waals surface area contributed by atoms with Gasteiger partial charge in [0.2, 0.25) is 0 Å². The minimum atomic E-state index is -0.409. The predicted octanol–water partition coefficient (Wildman–Crippen LogP) is 7.01. The second-order valence-corrected chi connectivity index (χ2v) is 12.7. The van der Waals surface area contributed by atoms with E-state index in [1.54, 1.807) is 0 Å². The minimum Gasteiger partial charge on any atom is -0.213 e. The maximum absolute atomic E-state index is 2.23. The summed E-state index contributed by atoms with van der Waals surface area (Å²) in [5, 5.41) is 8.47. The molecule has 0 aromatic heterocycles. The van der Waals surface area contributed by atoms with Gasteiger partial charge in [-0.15, -0.1) is 10.6 Å². The van der Waals surface area contributed by atoms with E-state index in [2.05, 4.69) is 170 Å². The first-order valence-corrected chi connectivity index (χ1v) is 14.8. The molecule has 1 radical (unpaired) electrons. The van der Waals surface area contributed by atoms with Crippen LogP contribution in [0, 0.1) is 0 Å². The van der Waals surface area contributed by atoms with Crippen molar-refractivity contribution < 1.29 is 17.1 Å². The van der Waals surface area contributed by atoms with Gasteiger partial charge in [-0.25, -0.2) is 24.3 Å². The molecule has 0 unspecified atom stereocenters. The topological polar surface area (TPSA) is 0 Å². The van der Waals surface area contributed by atoms with Gasteiger partial charge in [-0.05, 0) is 21.2 Å². The Bertz CT molecular complexity index is 1210. The van der Waals surface area contributed by atoms with Crippen molar-refractivity contribution in [3.8, 4) is 0 Å². The van der Waals surface area contributed by atoms with Gasteiger partial charge >= 0.3 is 17.1 Å². The number of rotatable bonds is 6. The zero-order chi connectivity index (χ0) is 24.4. The fourth-order valence-electron chi connectivity index (χ4n) is 4.23. The predicted molar refractivity (Wildman–Crippen MR) is 167 cm³/mol. The number of halogens is 1. The summed E-state index contributed by atoms with van der Waals surface area (Å²) < 4.78 is 0. The normalized spacial score (nSPS) is 10.2. The van der Waals surface area contributed by atoms with E-state index < -0.39 is 15.8 Å². The Morgan fingerprint density at radius 2 is 0.526 bits per heavy atom. The second-order valence-electron chi connectivity index (χ2n) is 8.30. The molecule has 6 aromatic carbocycles. The van der Waals surface area contributed by atoms with Crippen LogP contribution in [0.5, 0.6) is 0 Å². The van der Waals surface area contributed by atoms with E-state index in [1.807, 2.05) is 0 Å². The minimum absolute atomic E-state index is 0. The molecule has 0 N–H and O–H groups in total. The zero-order valence-corrected chi connectivity index (χ0v) is 24.4. The Labute approximate surface area is 245 Å². The van der Waals surface area contributed by atoms with Crippen molar-refractivity contribution in [2.45, 2.75) is 0 Å². The number of hydrogen-bond acceptors (Lipinski definition) is 0. The van der Waals surface area contributed by atoms with Crippen molar-refractivity contribution in [1.29, 1.82) is 0 Å². The molecule has 38 heavy (non-hydrogen) atoms. The number of hydrogen-bond donors (Lipinski definition) is 0. The van der Waals surface area contributed by atoms with Crippen molar-refractivity contribution >= 4 is 60.1 Å². The van der Waals surface area contributed by atoms with E-state index in [-0.39, 0.29) is 29.5 Å². The van der Waals surface area contributed by atoms with Gasteiger partial charge < -0.3 is 0 Å². The molecule has 0 amide bonds. The molecule has 0 fully saturated rings. The van der Waals surface area contributed by atoms with Gasteiger partial charge in [0, 0.05) is 12.4 Å². The third kappa shape index (κ3) is 7.65. The molecule has 6 aromatic rings. The molecule has 6 rings (SSSR count). The summed E-state index contributed by atoms with van der Waals surface area (Å²) in [6.07, 6.45) is 0. The van der Waals surface area contributed by atoms with E-state index in [0.29, 0.717) is 0 Å². The van der Waals surface area contributed by atoms with Crippen molar-refractivity contribution in [1.82, 2.24) is 0 Å². The molecule has 0 saturated carbocycles. The molecule has 0 atom stereocenters. The summed E-state index contributed by atoms with van der Waals surface area (Å²) in [4.78, 5) is 0. The molecule has 0 aliphatic heterocycles. The van der Waals surface area contributed by atoms with Crippen LogP contribution in [0.25, 0.3) is 0 Å². The molecule has 0 nitrogen and oxygen atoms in total. The average molecular weight is 590 g/mol. The van der Waals surface area contributed by atoms with Gasteiger partial charge in [-0.1, -0.05) is 137 Å². The van der Waals surface area contributed by atoms with Crippen molar-refractivity contribution in [2.24, 2.45) is 0 Å². The van der Waals surface area contributed by atoms with E-state index in [0.717, 1.165) is 0 Å². The fourth-order valence-corrected chi connectivity index (χ4v) is 8.84.